The SMILES string of the molecule is COCc1cc(Cl)ccc1C(C)C(=O)O. The van der Waals surface area contributed by atoms with Crippen LogP contribution >= 0.6 is 11.6 Å². The molecule has 3 nitrogen and oxygen atoms in total. The van der Waals surface area contributed by atoms with Crippen molar-refractivity contribution in [2.75, 3.05) is 7.11 Å². The van der Waals surface area contributed by atoms with E-state index in [0.29, 0.717) is 11.6 Å². The van der Waals surface area contributed by atoms with E-state index in [4.69, 9.17) is 21.4 Å². The fourth-order valence-corrected chi connectivity index (χ4v) is 1.60. The molecule has 0 aromatic heterocycles. The number of rotatable bonds is 4. The summed E-state index contributed by atoms with van der Waals surface area (Å²) in [6, 6.07) is 5.16. The summed E-state index contributed by atoms with van der Waals surface area (Å²) in [6.07, 6.45) is 0. The molecule has 1 aromatic carbocycles. The highest BCUT2D eigenvalue weighted by Crippen LogP contribution is 2.24. The van der Waals surface area contributed by atoms with Crippen LogP contribution in [0.5, 0.6) is 0 Å². The highest BCUT2D eigenvalue weighted by atomic mass is 35.5. The highest BCUT2D eigenvalue weighted by molar-refractivity contribution is 6.30. The summed E-state index contributed by atoms with van der Waals surface area (Å²) in [5.41, 5.74) is 1.56. The molecule has 82 valence electrons. The topological polar surface area (TPSA) is 46.5 Å². The number of hydrogen-bond acceptors (Lipinski definition) is 2. The van der Waals surface area contributed by atoms with Gasteiger partial charge in [0, 0.05) is 12.1 Å². The van der Waals surface area contributed by atoms with Crippen molar-refractivity contribution in [3.63, 3.8) is 0 Å². The van der Waals surface area contributed by atoms with Crippen molar-refractivity contribution in [3.05, 3.63) is 34.3 Å². The number of halogens is 1. The fraction of sp³-hybridized carbons (Fsp3) is 0.364. The molecule has 0 amide bonds. The smallest absolute Gasteiger partial charge is 0.310 e. The molecule has 0 radical (unpaired) electrons. The minimum Gasteiger partial charge on any atom is -0.481 e. The van der Waals surface area contributed by atoms with Crippen LogP contribution in [0.3, 0.4) is 0 Å². The van der Waals surface area contributed by atoms with Crippen molar-refractivity contribution in [1.29, 1.82) is 0 Å². The Hall–Kier alpha value is -1.06. The van der Waals surface area contributed by atoms with Crippen molar-refractivity contribution >= 4 is 17.6 Å². The zero-order chi connectivity index (χ0) is 11.4. The van der Waals surface area contributed by atoms with Gasteiger partial charge in [-0.3, -0.25) is 4.79 Å². The Morgan fingerprint density at radius 3 is 2.80 bits per heavy atom. The minimum atomic E-state index is -0.852. The lowest BCUT2D eigenvalue weighted by atomic mass is 9.96. The van der Waals surface area contributed by atoms with Crippen molar-refractivity contribution in [2.24, 2.45) is 0 Å². The number of carboxylic acid groups (broad SMARTS) is 1. The van der Waals surface area contributed by atoms with E-state index in [1.54, 1.807) is 32.2 Å². The van der Waals surface area contributed by atoms with Gasteiger partial charge in [0.05, 0.1) is 12.5 Å². The average Bonchev–Trinajstić information content (AvgIpc) is 2.17. The van der Waals surface area contributed by atoms with Gasteiger partial charge in [0.2, 0.25) is 0 Å². The molecular formula is C11H13ClO3. The molecular weight excluding hydrogens is 216 g/mol. The molecule has 0 aliphatic rings. The van der Waals surface area contributed by atoms with Crippen LogP contribution in [0, 0.1) is 0 Å². The van der Waals surface area contributed by atoms with Crippen LogP contribution < -0.4 is 0 Å². The van der Waals surface area contributed by atoms with Crippen LogP contribution in [0.15, 0.2) is 18.2 Å². The van der Waals surface area contributed by atoms with Gasteiger partial charge >= 0.3 is 5.97 Å². The maximum atomic E-state index is 10.9. The molecule has 0 saturated carbocycles. The summed E-state index contributed by atoms with van der Waals surface area (Å²) in [5, 5.41) is 9.51. The molecule has 4 heteroatoms. The first-order chi connectivity index (χ1) is 7.06. The third-order valence-electron chi connectivity index (χ3n) is 2.24. The van der Waals surface area contributed by atoms with Gasteiger partial charge in [0.1, 0.15) is 0 Å². The predicted octanol–water partition coefficient (Wildman–Crippen LogP) is 2.67. The summed E-state index contributed by atoms with van der Waals surface area (Å²) in [4.78, 5) is 10.9. The van der Waals surface area contributed by atoms with E-state index >= 15 is 0 Å². The number of methoxy groups -OCH3 is 1. The number of ether oxygens (including phenoxy) is 1. The lowest BCUT2D eigenvalue weighted by Gasteiger charge is -2.12. The zero-order valence-electron chi connectivity index (χ0n) is 8.66. The molecule has 15 heavy (non-hydrogen) atoms. The third-order valence-corrected chi connectivity index (χ3v) is 2.48. The molecule has 1 atom stereocenters. The predicted molar refractivity (Wildman–Crippen MR) is 58.2 cm³/mol. The third kappa shape index (κ3) is 2.94. The molecule has 0 aliphatic heterocycles. The van der Waals surface area contributed by atoms with E-state index in [9.17, 15) is 4.79 Å². The van der Waals surface area contributed by atoms with Crippen LogP contribution in [0.1, 0.15) is 24.0 Å². The summed E-state index contributed by atoms with van der Waals surface area (Å²) >= 11 is 5.83. The van der Waals surface area contributed by atoms with Crippen LogP contribution in [-0.2, 0) is 16.1 Å². The van der Waals surface area contributed by atoms with Gasteiger partial charge in [0.25, 0.3) is 0 Å². The maximum absolute atomic E-state index is 10.9. The molecule has 1 rings (SSSR count). The van der Waals surface area contributed by atoms with Crippen LogP contribution in [0.4, 0.5) is 0 Å². The number of carboxylic acids is 1. The average molecular weight is 229 g/mol. The van der Waals surface area contributed by atoms with Gasteiger partial charge in [-0.25, -0.2) is 0 Å². The minimum absolute atomic E-state index is 0.369. The first-order valence-electron chi connectivity index (χ1n) is 4.56. The molecule has 0 spiro atoms. The van der Waals surface area contributed by atoms with Crippen molar-refractivity contribution in [3.8, 4) is 0 Å². The zero-order valence-corrected chi connectivity index (χ0v) is 9.41. The lowest BCUT2D eigenvalue weighted by Crippen LogP contribution is -2.10. The molecule has 0 heterocycles. The van der Waals surface area contributed by atoms with Crippen molar-refractivity contribution in [2.45, 2.75) is 19.4 Å². The van der Waals surface area contributed by atoms with Gasteiger partial charge in [-0.15, -0.1) is 0 Å². The Kier molecular flexibility index (Phi) is 4.12. The molecule has 1 N–H and O–H groups in total. The van der Waals surface area contributed by atoms with E-state index in [1.165, 1.54) is 0 Å². The van der Waals surface area contributed by atoms with Gasteiger partial charge in [-0.2, -0.15) is 0 Å². The standard InChI is InChI=1S/C11H13ClO3/c1-7(11(13)14)10-4-3-9(12)5-8(10)6-15-2/h3-5,7H,6H2,1-2H3,(H,13,14). The Bertz CT molecular complexity index is 363. The van der Waals surface area contributed by atoms with Crippen LogP contribution in [0.25, 0.3) is 0 Å². The van der Waals surface area contributed by atoms with E-state index in [1.807, 2.05) is 0 Å². The Labute approximate surface area is 93.6 Å². The summed E-state index contributed by atoms with van der Waals surface area (Å²) in [5.74, 6) is -1.40. The van der Waals surface area contributed by atoms with Crippen molar-refractivity contribution < 1.29 is 14.6 Å². The molecule has 0 fully saturated rings. The van der Waals surface area contributed by atoms with Crippen LogP contribution in [0.2, 0.25) is 5.02 Å². The van der Waals surface area contributed by atoms with E-state index in [-0.39, 0.29) is 0 Å². The monoisotopic (exact) mass is 228 g/mol. The molecule has 1 unspecified atom stereocenters. The summed E-state index contributed by atoms with van der Waals surface area (Å²) in [7, 11) is 1.57. The van der Waals surface area contributed by atoms with Gasteiger partial charge in [-0.1, -0.05) is 17.7 Å². The van der Waals surface area contributed by atoms with E-state index < -0.39 is 11.9 Å². The second-order valence-electron chi connectivity index (χ2n) is 3.34. The maximum Gasteiger partial charge on any atom is 0.310 e. The Morgan fingerprint density at radius 1 is 1.60 bits per heavy atom. The molecule has 0 saturated heterocycles. The van der Waals surface area contributed by atoms with Gasteiger partial charge in [0.15, 0.2) is 0 Å². The lowest BCUT2D eigenvalue weighted by molar-refractivity contribution is -0.138. The Balaban J connectivity index is 3.10. The molecule has 0 bridgehead atoms. The number of hydrogen-bond donors (Lipinski definition) is 1. The number of aliphatic carboxylic acids is 1. The van der Waals surface area contributed by atoms with Gasteiger partial charge < -0.3 is 9.84 Å². The first kappa shape index (κ1) is 12.0. The number of carbonyl (C=O) groups is 1. The number of benzene rings is 1. The quantitative estimate of drug-likeness (QED) is 0.862. The van der Waals surface area contributed by atoms with Crippen molar-refractivity contribution in [1.82, 2.24) is 0 Å². The van der Waals surface area contributed by atoms with Crippen LogP contribution in [-0.4, -0.2) is 18.2 Å². The van der Waals surface area contributed by atoms with E-state index in [0.717, 1.165) is 11.1 Å². The summed E-state index contributed by atoms with van der Waals surface area (Å²) in [6.45, 7) is 2.01. The summed E-state index contributed by atoms with van der Waals surface area (Å²) < 4.78 is 5.00. The Morgan fingerprint density at radius 2 is 2.27 bits per heavy atom. The second-order valence-corrected chi connectivity index (χ2v) is 3.77. The van der Waals surface area contributed by atoms with E-state index in [2.05, 4.69) is 0 Å². The first-order valence-corrected chi connectivity index (χ1v) is 4.94. The fourth-order valence-electron chi connectivity index (χ4n) is 1.41. The largest absolute Gasteiger partial charge is 0.481 e. The second kappa shape index (κ2) is 5.14. The molecule has 0 aliphatic carbocycles. The van der Waals surface area contributed by atoms with Gasteiger partial charge in [-0.05, 0) is 30.2 Å². The normalized spacial score (nSPS) is 12.5. The molecule has 1 aromatic rings. The highest BCUT2D eigenvalue weighted by Gasteiger charge is 2.17.